The number of amides is 1. The minimum Gasteiger partial charge on any atom is -0.370 e. The summed E-state index contributed by atoms with van der Waals surface area (Å²) in [4.78, 5) is 40.8. The number of carbonyl (C=O) groups is 3. The molecule has 182 valence electrons. The second-order valence-electron chi connectivity index (χ2n) is 8.63. The molecule has 2 rings (SSSR count). The van der Waals surface area contributed by atoms with E-state index in [9.17, 15) is 14.4 Å². The minimum atomic E-state index is -1.62. The first kappa shape index (κ1) is 27.3. The average Bonchev–Trinajstić information content (AvgIpc) is 2.75. The number of rotatable bonds is 11. The van der Waals surface area contributed by atoms with E-state index < -0.39 is 22.9 Å². The summed E-state index contributed by atoms with van der Waals surface area (Å²) in [5, 5.41) is 2.86. The highest BCUT2D eigenvalue weighted by molar-refractivity contribution is 6.18. The Labute approximate surface area is 205 Å². The molecule has 1 N–H and O–H groups in total. The van der Waals surface area contributed by atoms with E-state index in [0.29, 0.717) is 36.1 Å². The van der Waals surface area contributed by atoms with Gasteiger partial charge < -0.3 is 19.7 Å². The quantitative estimate of drug-likeness (QED) is 0.466. The smallest absolute Gasteiger partial charge is 0.225 e. The highest BCUT2D eigenvalue weighted by Gasteiger charge is 2.61. The second-order valence-corrected chi connectivity index (χ2v) is 9.39. The van der Waals surface area contributed by atoms with E-state index in [1.54, 1.807) is 32.9 Å². The zero-order chi connectivity index (χ0) is 24.8. The lowest BCUT2D eigenvalue weighted by molar-refractivity contribution is -0.191. The third-order valence-corrected chi connectivity index (χ3v) is 6.44. The Kier molecular flexibility index (Phi) is 9.49. The third kappa shape index (κ3) is 5.60. The number of alkyl halides is 2. The van der Waals surface area contributed by atoms with Gasteiger partial charge in [-0.3, -0.25) is 14.4 Å². The van der Waals surface area contributed by atoms with Crippen LogP contribution in [-0.4, -0.2) is 68.2 Å². The number of ether oxygens (including phenoxy) is 2. The molecule has 33 heavy (non-hydrogen) atoms. The van der Waals surface area contributed by atoms with Crippen molar-refractivity contribution in [3.63, 3.8) is 0 Å². The monoisotopic (exact) mass is 498 g/mol. The first-order valence-electron chi connectivity index (χ1n) is 10.7. The molecular formula is C24H32Cl2N2O5. The molecule has 2 atom stereocenters. The summed E-state index contributed by atoms with van der Waals surface area (Å²) >= 11 is 11.7. The van der Waals surface area contributed by atoms with Gasteiger partial charge >= 0.3 is 0 Å². The van der Waals surface area contributed by atoms with Crippen molar-refractivity contribution in [2.24, 2.45) is 5.41 Å². The van der Waals surface area contributed by atoms with Crippen LogP contribution in [0.2, 0.25) is 0 Å². The molecule has 0 radical (unpaired) electrons. The lowest BCUT2D eigenvalue weighted by Crippen LogP contribution is -2.65. The van der Waals surface area contributed by atoms with Gasteiger partial charge in [-0.1, -0.05) is 13.8 Å². The van der Waals surface area contributed by atoms with Crippen molar-refractivity contribution >= 4 is 52.1 Å². The molecule has 9 heteroatoms. The molecule has 0 saturated heterocycles. The molecule has 7 nitrogen and oxygen atoms in total. The molecule has 1 amide bonds. The highest BCUT2D eigenvalue weighted by atomic mass is 35.5. The molecule has 0 heterocycles. The van der Waals surface area contributed by atoms with E-state index in [1.807, 2.05) is 12.1 Å². The van der Waals surface area contributed by atoms with Gasteiger partial charge in [-0.15, -0.1) is 23.2 Å². The van der Waals surface area contributed by atoms with Crippen LogP contribution < -0.4 is 10.2 Å². The molecule has 0 saturated carbocycles. The number of hydrogen-bond acceptors (Lipinski definition) is 6. The van der Waals surface area contributed by atoms with Gasteiger partial charge in [0.25, 0.3) is 0 Å². The summed E-state index contributed by atoms with van der Waals surface area (Å²) in [6.45, 7) is 6.34. The van der Waals surface area contributed by atoms with Crippen LogP contribution in [0.5, 0.6) is 0 Å². The van der Waals surface area contributed by atoms with Crippen molar-refractivity contribution < 1.29 is 23.9 Å². The molecule has 0 spiro atoms. The van der Waals surface area contributed by atoms with Gasteiger partial charge in [0.05, 0.1) is 0 Å². The van der Waals surface area contributed by atoms with E-state index in [2.05, 4.69) is 10.2 Å². The molecule has 1 aromatic rings. The van der Waals surface area contributed by atoms with Gasteiger partial charge in [0.1, 0.15) is 0 Å². The van der Waals surface area contributed by atoms with Gasteiger partial charge in [0.15, 0.2) is 23.3 Å². The van der Waals surface area contributed by atoms with E-state index in [0.717, 1.165) is 5.69 Å². The Bertz CT molecular complexity index is 895. The summed E-state index contributed by atoms with van der Waals surface area (Å²) in [5.74, 6) is -0.0889. The van der Waals surface area contributed by atoms with E-state index in [4.69, 9.17) is 32.7 Å². The van der Waals surface area contributed by atoms with Crippen LogP contribution in [0.25, 0.3) is 0 Å². The second kappa shape index (κ2) is 11.5. The summed E-state index contributed by atoms with van der Waals surface area (Å²) in [6, 6.07) is 7.35. The van der Waals surface area contributed by atoms with Crippen molar-refractivity contribution in [2.75, 3.05) is 49.3 Å². The number of nitrogens with one attached hydrogen (secondary N) is 1. The van der Waals surface area contributed by atoms with Crippen LogP contribution in [0.1, 0.15) is 27.2 Å². The molecule has 0 aliphatic heterocycles. The fourth-order valence-electron chi connectivity index (χ4n) is 4.41. The fraction of sp³-hybridized carbons (Fsp3) is 0.542. The molecular weight excluding hydrogens is 467 g/mol. The Morgan fingerprint density at radius 2 is 1.70 bits per heavy atom. The van der Waals surface area contributed by atoms with Crippen molar-refractivity contribution in [3.8, 4) is 0 Å². The molecule has 1 aromatic carbocycles. The van der Waals surface area contributed by atoms with Crippen LogP contribution in [0, 0.1) is 5.41 Å². The average molecular weight is 499 g/mol. The number of carbonyl (C=O) groups excluding carboxylic acids is 3. The Hall–Kier alpha value is -1.93. The zero-order valence-corrected chi connectivity index (χ0v) is 21.3. The van der Waals surface area contributed by atoms with Crippen molar-refractivity contribution in [1.82, 2.24) is 0 Å². The van der Waals surface area contributed by atoms with Crippen molar-refractivity contribution in [3.05, 3.63) is 35.9 Å². The number of benzene rings is 1. The number of nitrogens with zero attached hydrogens (tertiary/aromatic N) is 1. The van der Waals surface area contributed by atoms with Crippen LogP contribution in [0.4, 0.5) is 11.4 Å². The number of Topliss-reactive ketones (excluding diaryl/α,β-unsaturated/α-hetero) is 1. The SMILES string of the molecule is COC1C(=O)C(C)=CC(=O)C1(OC)C(C)(C)CC(=O)Nc1ccc(N(CCCl)CCCl)cc1. The fourth-order valence-corrected chi connectivity index (χ4v) is 4.82. The molecule has 2 unspecified atom stereocenters. The Morgan fingerprint density at radius 1 is 1.12 bits per heavy atom. The van der Waals surface area contributed by atoms with Crippen molar-refractivity contribution in [1.29, 1.82) is 0 Å². The molecule has 0 aromatic heterocycles. The molecule has 0 fully saturated rings. The van der Waals surface area contributed by atoms with Crippen LogP contribution in [0.15, 0.2) is 35.9 Å². The minimum absolute atomic E-state index is 0.0705. The van der Waals surface area contributed by atoms with Gasteiger partial charge in [0, 0.05) is 62.3 Å². The molecule has 1 aliphatic carbocycles. The maximum absolute atomic E-state index is 13.1. The number of anilines is 2. The van der Waals surface area contributed by atoms with Crippen LogP contribution in [0.3, 0.4) is 0 Å². The number of ketones is 2. The summed E-state index contributed by atoms with van der Waals surface area (Å²) in [7, 11) is 2.72. The predicted octanol–water partition coefficient (Wildman–Crippen LogP) is 3.82. The van der Waals surface area contributed by atoms with Crippen molar-refractivity contribution in [2.45, 2.75) is 38.9 Å². The van der Waals surface area contributed by atoms with Gasteiger partial charge in [-0.05, 0) is 42.8 Å². The number of methoxy groups -OCH3 is 2. The summed E-state index contributed by atoms with van der Waals surface area (Å²) in [6.07, 6.45) is 0.0588. The normalized spacial score (nSPS) is 21.1. The third-order valence-electron chi connectivity index (χ3n) is 6.10. The number of halogens is 2. The van der Waals surface area contributed by atoms with Gasteiger partial charge in [-0.25, -0.2) is 0 Å². The summed E-state index contributed by atoms with van der Waals surface area (Å²) < 4.78 is 11.1. The lowest BCUT2D eigenvalue weighted by atomic mass is 9.63. The first-order chi connectivity index (χ1) is 15.6. The highest BCUT2D eigenvalue weighted by Crippen LogP contribution is 2.45. The predicted molar refractivity (Wildman–Crippen MR) is 131 cm³/mol. The lowest BCUT2D eigenvalue weighted by Gasteiger charge is -2.48. The van der Waals surface area contributed by atoms with Crippen LogP contribution in [-0.2, 0) is 23.9 Å². The van der Waals surface area contributed by atoms with E-state index in [-0.39, 0.29) is 18.1 Å². The Balaban J connectivity index is 2.21. The largest absolute Gasteiger partial charge is 0.370 e. The zero-order valence-electron chi connectivity index (χ0n) is 19.7. The van der Waals surface area contributed by atoms with Gasteiger partial charge in [0.2, 0.25) is 5.91 Å². The molecule has 1 aliphatic rings. The standard InChI is InChI=1S/C24H32Cl2N2O5/c1-16-14-19(29)24(33-5,22(32-4)21(16)31)23(2,3)15-20(30)27-17-6-8-18(9-7-17)28(12-10-25)13-11-26/h6-9,14,22H,10-13,15H2,1-5H3,(H,27,30). The maximum atomic E-state index is 13.1. The van der Waals surface area contributed by atoms with E-state index >= 15 is 0 Å². The topological polar surface area (TPSA) is 84.9 Å². The van der Waals surface area contributed by atoms with Crippen LogP contribution >= 0.6 is 23.2 Å². The number of hydrogen-bond donors (Lipinski definition) is 1. The summed E-state index contributed by atoms with van der Waals surface area (Å²) in [5.41, 5.74) is -0.814. The molecule has 0 bridgehead atoms. The Morgan fingerprint density at radius 3 is 2.18 bits per heavy atom. The maximum Gasteiger partial charge on any atom is 0.225 e. The van der Waals surface area contributed by atoms with E-state index in [1.165, 1.54) is 20.3 Å². The first-order valence-corrected chi connectivity index (χ1v) is 11.8. The van der Waals surface area contributed by atoms with Gasteiger partial charge in [-0.2, -0.15) is 0 Å².